The van der Waals surface area contributed by atoms with Crippen LogP contribution in [0.1, 0.15) is 12.7 Å². The second kappa shape index (κ2) is 1.59. The van der Waals surface area contributed by atoms with E-state index in [9.17, 15) is 0 Å². The minimum Gasteiger partial charge on any atom is -0.335 e. The zero-order valence-electron chi connectivity index (χ0n) is 5.54. The van der Waals surface area contributed by atoms with Gasteiger partial charge in [-0.3, -0.25) is 0 Å². The Balaban J connectivity index is 2.39. The Morgan fingerprint density at radius 2 is 2.67 bits per heavy atom. The lowest BCUT2D eigenvalue weighted by Gasteiger charge is -1.95. The highest BCUT2D eigenvalue weighted by Gasteiger charge is 2.16. The first kappa shape index (κ1) is 5.03. The van der Waals surface area contributed by atoms with Crippen molar-refractivity contribution in [1.29, 1.82) is 0 Å². The molecule has 2 heterocycles. The van der Waals surface area contributed by atoms with E-state index in [4.69, 9.17) is 0 Å². The van der Waals surface area contributed by atoms with Gasteiger partial charge >= 0.3 is 0 Å². The molecule has 2 nitrogen and oxygen atoms in total. The standard InChI is InChI=1S/C7H10N2/c1-6-4-7-8-2-3-9(7)5-6/h2-3,6H,4-5H2,1H3/t6-/m1/s1. The summed E-state index contributed by atoms with van der Waals surface area (Å²) in [5, 5.41) is 0. The lowest BCUT2D eigenvalue weighted by Crippen LogP contribution is -1.94. The molecule has 0 N–H and O–H groups in total. The van der Waals surface area contributed by atoms with Crippen LogP contribution in [0.4, 0.5) is 0 Å². The van der Waals surface area contributed by atoms with Crippen molar-refractivity contribution in [1.82, 2.24) is 9.55 Å². The second-order valence-corrected chi connectivity index (χ2v) is 2.81. The van der Waals surface area contributed by atoms with Crippen LogP contribution >= 0.6 is 0 Å². The van der Waals surface area contributed by atoms with Crippen LogP contribution in [0, 0.1) is 5.92 Å². The summed E-state index contributed by atoms with van der Waals surface area (Å²) < 4.78 is 2.23. The Kier molecular flexibility index (Phi) is 0.891. The van der Waals surface area contributed by atoms with Crippen molar-refractivity contribution >= 4 is 0 Å². The largest absolute Gasteiger partial charge is 0.335 e. The van der Waals surface area contributed by atoms with Gasteiger partial charge in [0.2, 0.25) is 0 Å². The van der Waals surface area contributed by atoms with Crippen LogP contribution in [0.3, 0.4) is 0 Å². The molecule has 2 heteroatoms. The van der Waals surface area contributed by atoms with Crippen molar-refractivity contribution in [2.45, 2.75) is 19.9 Å². The molecule has 1 aromatic rings. The van der Waals surface area contributed by atoms with Crippen LogP contribution in [-0.2, 0) is 13.0 Å². The number of fused-ring (bicyclic) bond motifs is 1. The highest BCUT2D eigenvalue weighted by Crippen LogP contribution is 2.16. The van der Waals surface area contributed by atoms with Crippen molar-refractivity contribution in [2.75, 3.05) is 0 Å². The molecule has 0 spiro atoms. The van der Waals surface area contributed by atoms with Gasteiger partial charge < -0.3 is 4.57 Å². The molecule has 1 aliphatic heterocycles. The molecule has 0 aromatic carbocycles. The van der Waals surface area contributed by atoms with E-state index in [0.717, 1.165) is 18.9 Å². The maximum Gasteiger partial charge on any atom is 0.108 e. The maximum atomic E-state index is 4.21. The fourth-order valence-electron chi connectivity index (χ4n) is 1.41. The Bertz CT molecular complexity index is 194. The number of imidazole rings is 1. The number of nitrogens with zero attached hydrogens (tertiary/aromatic N) is 2. The molecule has 1 atom stereocenters. The van der Waals surface area contributed by atoms with Gasteiger partial charge in [0.15, 0.2) is 0 Å². The Labute approximate surface area is 54.5 Å². The molecule has 1 aliphatic rings. The van der Waals surface area contributed by atoms with Crippen molar-refractivity contribution in [3.8, 4) is 0 Å². The molecule has 1 aromatic heterocycles. The Morgan fingerprint density at radius 1 is 1.78 bits per heavy atom. The molecular weight excluding hydrogens is 112 g/mol. The molecule has 48 valence electrons. The second-order valence-electron chi connectivity index (χ2n) is 2.81. The van der Waals surface area contributed by atoms with Gasteiger partial charge in [-0.1, -0.05) is 6.92 Å². The third kappa shape index (κ3) is 0.661. The molecule has 0 fully saturated rings. The van der Waals surface area contributed by atoms with Crippen LogP contribution in [-0.4, -0.2) is 9.55 Å². The van der Waals surface area contributed by atoms with E-state index in [1.807, 2.05) is 6.20 Å². The minimum atomic E-state index is 0.800. The normalized spacial score (nSPS) is 24.3. The molecule has 9 heavy (non-hydrogen) atoms. The van der Waals surface area contributed by atoms with E-state index in [-0.39, 0.29) is 0 Å². The predicted octanol–water partition coefficient (Wildman–Crippen LogP) is 1.08. The minimum absolute atomic E-state index is 0.800. The summed E-state index contributed by atoms with van der Waals surface area (Å²) in [7, 11) is 0. The van der Waals surface area contributed by atoms with Gasteiger partial charge in [0.1, 0.15) is 5.82 Å². The molecule has 2 rings (SSSR count). The van der Waals surface area contributed by atoms with E-state index >= 15 is 0 Å². The van der Waals surface area contributed by atoms with Crippen LogP contribution in [0.25, 0.3) is 0 Å². The third-order valence-electron chi connectivity index (χ3n) is 1.84. The van der Waals surface area contributed by atoms with Crippen LogP contribution in [0.5, 0.6) is 0 Å². The van der Waals surface area contributed by atoms with Crippen LogP contribution < -0.4 is 0 Å². The highest BCUT2D eigenvalue weighted by molar-refractivity contribution is 4.98. The first-order chi connectivity index (χ1) is 4.36. The molecular formula is C7H10N2. The quantitative estimate of drug-likeness (QED) is 0.503. The van der Waals surface area contributed by atoms with E-state index in [1.54, 1.807) is 0 Å². The summed E-state index contributed by atoms with van der Waals surface area (Å²) in [6.07, 6.45) is 5.09. The first-order valence-electron chi connectivity index (χ1n) is 3.36. The lowest BCUT2D eigenvalue weighted by molar-refractivity contribution is 0.563. The van der Waals surface area contributed by atoms with Gasteiger partial charge in [-0.15, -0.1) is 0 Å². The fraction of sp³-hybridized carbons (Fsp3) is 0.571. The average molecular weight is 122 g/mol. The Morgan fingerprint density at radius 3 is 3.44 bits per heavy atom. The van der Waals surface area contributed by atoms with Gasteiger partial charge in [0, 0.05) is 25.4 Å². The smallest absolute Gasteiger partial charge is 0.108 e. The average Bonchev–Trinajstić information content (AvgIpc) is 2.22. The van der Waals surface area contributed by atoms with Crippen molar-refractivity contribution in [3.63, 3.8) is 0 Å². The topological polar surface area (TPSA) is 17.8 Å². The van der Waals surface area contributed by atoms with Gasteiger partial charge in [-0.25, -0.2) is 4.98 Å². The van der Waals surface area contributed by atoms with Crippen molar-refractivity contribution < 1.29 is 0 Å². The summed E-state index contributed by atoms with van der Waals surface area (Å²) in [6.45, 7) is 3.42. The lowest BCUT2D eigenvalue weighted by atomic mass is 10.1. The van der Waals surface area contributed by atoms with E-state index < -0.39 is 0 Å². The number of hydrogen-bond acceptors (Lipinski definition) is 1. The maximum absolute atomic E-state index is 4.21. The third-order valence-corrected chi connectivity index (χ3v) is 1.84. The number of hydrogen-bond donors (Lipinski definition) is 0. The van der Waals surface area contributed by atoms with Crippen LogP contribution in [0.2, 0.25) is 0 Å². The fourth-order valence-corrected chi connectivity index (χ4v) is 1.41. The zero-order chi connectivity index (χ0) is 6.27. The molecule has 0 saturated carbocycles. The van der Waals surface area contributed by atoms with E-state index in [2.05, 4.69) is 22.7 Å². The summed E-state index contributed by atoms with van der Waals surface area (Å²) in [5.74, 6) is 2.05. The summed E-state index contributed by atoms with van der Waals surface area (Å²) in [6, 6.07) is 0. The monoisotopic (exact) mass is 122 g/mol. The highest BCUT2D eigenvalue weighted by atomic mass is 15.1. The molecule has 0 amide bonds. The predicted molar refractivity (Wildman–Crippen MR) is 35.1 cm³/mol. The van der Waals surface area contributed by atoms with Crippen LogP contribution in [0.15, 0.2) is 12.4 Å². The Hall–Kier alpha value is -0.790. The SMILES string of the molecule is C[C@@H]1Cc2nccn2C1. The van der Waals surface area contributed by atoms with Gasteiger partial charge in [-0.05, 0) is 5.92 Å². The van der Waals surface area contributed by atoms with E-state index in [1.165, 1.54) is 5.82 Å². The summed E-state index contributed by atoms with van der Waals surface area (Å²) >= 11 is 0. The molecule has 0 aliphatic carbocycles. The van der Waals surface area contributed by atoms with Gasteiger partial charge in [-0.2, -0.15) is 0 Å². The summed E-state index contributed by atoms with van der Waals surface area (Å²) in [5.41, 5.74) is 0. The molecule has 0 radical (unpaired) electrons. The number of aromatic nitrogens is 2. The number of rotatable bonds is 0. The van der Waals surface area contributed by atoms with E-state index in [0.29, 0.717) is 0 Å². The molecule has 0 saturated heterocycles. The van der Waals surface area contributed by atoms with Crippen molar-refractivity contribution in [3.05, 3.63) is 18.2 Å². The van der Waals surface area contributed by atoms with Gasteiger partial charge in [0.05, 0.1) is 0 Å². The zero-order valence-corrected chi connectivity index (χ0v) is 5.54. The molecule has 0 unspecified atom stereocenters. The summed E-state index contributed by atoms with van der Waals surface area (Å²) in [4.78, 5) is 4.21. The van der Waals surface area contributed by atoms with Crippen molar-refractivity contribution in [2.24, 2.45) is 5.92 Å². The van der Waals surface area contributed by atoms with Gasteiger partial charge in [0.25, 0.3) is 0 Å². The molecule has 0 bridgehead atoms. The first-order valence-corrected chi connectivity index (χ1v) is 3.36.